The van der Waals surface area contributed by atoms with Crippen LogP contribution < -0.4 is 10.6 Å². The van der Waals surface area contributed by atoms with Crippen LogP contribution in [0.5, 0.6) is 0 Å². The third-order valence-electron chi connectivity index (χ3n) is 4.53. The minimum atomic E-state index is -0.169. The summed E-state index contributed by atoms with van der Waals surface area (Å²) < 4.78 is 12.4. The van der Waals surface area contributed by atoms with Crippen LogP contribution in [-0.2, 0) is 9.47 Å². The van der Waals surface area contributed by atoms with Gasteiger partial charge in [-0.15, -0.1) is 11.8 Å². The zero-order valence-corrected chi connectivity index (χ0v) is 18.5. The molecule has 2 rings (SSSR count). The van der Waals surface area contributed by atoms with Gasteiger partial charge in [0.05, 0.1) is 5.60 Å². The van der Waals surface area contributed by atoms with Crippen LogP contribution in [0.25, 0.3) is 0 Å². The lowest BCUT2D eigenvalue weighted by Crippen LogP contribution is -2.52. The number of nitrogens with zero attached hydrogens (tertiary/aromatic N) is 1. The fourth-order valence-electron chi connectivity index (χ4n) is 2.82. The topological polar surface area (TPSA) is 54.9 Å². The Bertz CT molecular complexity index is 587. The second-order valence-corrected chi connectivity index (χ2v) is 9.79. The molecule has 5 nitrogen and oxygen atoms in total. The van der Waals surface area contributed by atoms with Crippen LogP contribution in [0.1, 0.15) is 26.7 Å². The van der Waals surface area contributed by atoms with Crippen LogP contribution >= 0.6 is 27.7 Å². The van der Waals surface area contributed by atoms with E-state index in [4.69, 9.17) is 9.47 Å². The molecule has 26 heavy (non-hydrogen) atoms. The summed E-state index contributed by atoms with van der Waals surface area (Å²) in [5.41, 5.74) is -0.169. The van der Waals surface area contributed by atoms with Crippen molar-refractivity contribution in [3.63, 3.8) is 0 Å². The Hall–Kier alpha value is -0.760. The number of halogens is 1. The molecule has 1 heterocycles. The minimum absolute atomic E-state index is 0.0308. The molecule has 0 amide bonds. The second kappa shape index (κ2) is 9.97. The lowest BCUT2D eigenvalue weighted by Gasteiger charge is -2.36. The highest BCUT2D eigenvalue weighted by Gasteiger charge is 2.32. The summed E-state index contributed by atoms with van der Waals surface area (Å²) in [5.74, 6) is 0.803. The zero-order valence-electron chi connectivity index (χ0n) is 16.1. The Labute approximate surface area is 169 Å². The largest absolute Gasteiger partial charge is 0.381 e. The number of hydrogen-bond donors (Lipinski definition) is 2. The maximum Gasteiger partial charge on any atom is 0.191 e. The molecular weight excluding hydrogens is 414 g/mol. The monoisotopic (exact) mass is 443 g/mol. The standard InChI is InChI=1S/C19H30BrN3O2S/c1-18(2,26-16-7-5-15(20)6-8-16)13-22-17(21-3)23-14-19(24-4)9-11-25-12-10-19/h5-8H,9-14H2,1-4H3,(H2,21,22,23). The van der Waals surface area contributed by atoms with Crippen molar-refractivity contribution in [3.8, 4) is 0 Å². The van der Waals surface area contributed by atoms with Crippen LogP contribution in [0.15, 0.2) is 38.6 Å². The van der Waals surface area contributed by atoms with Crippen molar-refractivity contribution in [2.24, 2.45) is 4.99 Å². The Kier molecular flexibility index (Phi) is 8.26. The molecule has 1 fully saturated rings. The SMILES string of the molecule is CN=C(NCC1(OC)CCOCC1)NCC(C)(C)Sc1ccc(Br)cc1. The van der Waals surface area contributed by atoms with Gasteiger partial charge in [0.25, 0.3) is 0 Å². The summed E-state index contributed by atoms with van der Waals surface area (Å²) in [6, 6.07) is 8.42. The van der Waals surface area contributed by atoms with Gasteiger partial charge in [0, 0.05) is 67.4 Å². The van der Waals surface area contributed by atoms with E-state index in [0.717, 1.165) is 49.6 Å². The maximum atomic E-state index is 5.77. The van der Waals surface area contributed by atoms with Gasteiger partial charge in [0.15, 0.2) is 5.96 Å². The Morgan fingerprint density at radius 2 is 1.92 bits per heavy atom. The molecule has 1 aromatic carbocycles. The Morgan fingerprint density at radius 1 is 1.27 bits per heavy atom. The third-order valence-corrected chi connectivity index (χ3v) is 6.26. The summed E-state index contributed by atoms with van der Waals surface area (Å²) in [7, 11) is 3.58. The van der Waals surface area contributed by atoms with Gasteiger partial charge in [0.1, 0.15) is 0 Å². The molecule has 0 spiro atoms. The van der Waals surface area contributed by atoms with Gasteiger partial charge in [0.2, 0.25) is 0 Å². The number of nitrogens with one attached hydrogen (secondary N) is 2. The van der Waals surface area contributed by atoms with E-state index >= 15 is 0 Å². The van der Waals surface area contributed by atoms with Gasteiger partial charge < -0.3 is 20.1 Å². The number of hydrogen-bond acceptors (Lipinski definition) is 4. The van der Waals surface area contributed by atoms with Crippen LogP contribution in [0.3, 0.4) is 0 Å². The van der Waals surface area contributed by atoms with Gasteiger partial charge >= 0.3 is 0 Å². The van der Waals surface area contributed by atoms with Crippen LogP contribution in [-0.4, -0.2) is 56.8 Å². The molecule has 0 bridgehead atoms. The molecule has 0 saturated carbocycles. The van der Waals surface area contributed by atoms with E-state index in [2.05, 4.69) is 69.7 Å². The molecule has 0 aromatic heterocycles. The second-order valence-electron chi connectivity index (χ2n) is 7.09. The van der Waals surface area contributed by atoms with Crippen LogP contribution in [0, 0.1) is 0 Å². The average molecular weight is 444 g/mol. The Balaban J connectivity index is 1.84. The summed E-state index contributed by atoms with van der Waals surface area (Å²) in [4.78, 5) is 5.60. The minimum Gasteiger partial charge on any atom is -0.381 e. The number of thioether (sulfide) groups is 1. The van der Waals surface area contributed by atoms with Gasteiger partial charge in [-0.05, 0) is 38.1 Å². The van der Waals surface area contributed by atoms with E-state index in [1.807, 2.05) is 11.8 Å². The average Bonchev–Trinajstić information content (AvgIpc) is 2.64. The van der Waals surface area contributed by atoms with Crippen molar-refractivity contribution in [1.82, 2.24) is 10.6 Å². The quantitative estimate of drug-likeness (QED) is 0.382. The summed E-state index contributed by atoms with van der Waals surface area (Å²) in [5, 5.41) is 6.86. The highest BCUT2D eigenvalue weighted by molar-refractivity contribution is 9.10. The summed E-state index contributed by atoms with van der Waals surface area (Å²) in [6.45, 7) is 7.49. The van der Waals surface area contributed by atoms with Crippen molar-refractivity contribution in [2.75, 3.05) is 40.5 Å². The maximum absolute atomic E-state index is 5.77. The molecule has 0 radical (unpaired) electrons. The molecule has 1 aromatic rings. The highest BCUT2D eigenvalue weighted by atomic mass is 79.9. The normalized spacial score (nSPS) is 17.8. The van der Waals surface area contributed by atoms with E-state index in [0.29, 0.717) is 0 Å². The molecule has 0 unspecified atom stereocenters. The summed E-state index contributed by atoms with van der Waals surface area (Å²) in [6.07, 6.45) is 1.80. The first-order valence-electron chi connectivity index (χ1n) is 8.90. The van der Waals surface area contributed by atoms with Gasteiger partial charge in [-0.2, -0.15) is 0 Å². The van der Waals surface area contributed by atoms with Gasteiger partial charge in [-0.25, -0.2) is 0 Å². The van der Waals surface area contributed by atoms with Crippen molar-refractivity contribution in [1.29, 1.82) is 0 Å². The Morgan fingerprint density at radius 3 is 2.50 bits per heavy atom. The number of aliphatic imine (C=N–C) groups is 1. The first-order chi connectivity index (χ1) is 12.4. The van der Waals surface area contributed by atoms with E-state index in [1.54, 1.807) is 14.2 Å². The first-order valence-corrected chi connectivity index (χ1v) is 10.5. The number of ether oxygens (including phenoxy) is 2. The molecule has 0 aliphatic carbocycles. The molecule has 146 valence electrons. The highest BCUT2D eigenvalue weighted by Crippen LogP contribution is 2.32. The lowest BCUT2D eigenvalue weighted by molar-refractivity contribution is -0.0855. The number of methoxy groups -OCH3 is 1. The fraction of sp³-hybridized carbons (Fsp3) is 0.632. The first kappa shape index (κ1) is 21.5. The van der Waals surface area contributed by atoms with Gasteiger partial charge in [-0.1, -0.05) is 15.9 Å². The number of rotatable bonds is 7. The molecule has 7 heteroatoms. The lowest BCUT2D eigenvalue weighted by atomic mass is 9.94. The number of benzene rings is 1. The van der Waals surface area contributed by atoms with Crippen molar-refractivity contribution in [3.05, 3.63) is 28.7 Å². The van der Waals surface area contributed by atoms with E-state index < -0.39 is 0 Å². The molecule has 0 atom stereocenters. The fourth-order valence-corrected chi connectivity index (χ4v) is 4.14. The third kappa shape index (κ3) is 6.76. The smallest absolute Gasteiger partial charge is 0.191 e. The molecule has 1 aliphatic rings. The predicted molar refractivity (Wildman–Crippen MR) is 113 cm³/mol. The van der Waals surface area contributed by atoms with Crippen molar-refractivity contribution >= 4 is 33.7 Å². The van der Waals surface area contributed by atoms with Crippen LogP contribution in [0.2, 0.25) is 0 Å². The van der Waals surface area contributed by atoms with Crippen LogP contribution in [0.4, 0.5) is 0 Å². The molecule has 1 aliphatic heterocycles. The molecule has 1 saturated heterocycles. The zero-order chi connectivity index (χ0) is 19.0. The van der Waals surface area contributed by atoms with Gasteiger partial charge in [-0.3, -0.25) is 4.99 Å². The molecule has 2 N–H and O–H groups in total. The van der Waals surface area contributed by atoms with E-state index in [-0.39, 0.29) is 10.3 Å². The molecular formula is C19H30BrN3O2S. The van der Waals surface area contributed by atoms with E-state index in [9.17, 15) is 0 Å². The summed E-state index contributed by atoms with van der Waals surface area (Å²) >= 11 is 5.33. The number of guanidine groups is 1. The van der Waals surface area contributed by atoms with Crippen molar-refractivity contribution in [2.45, 2.75) is 41.9 Å². The predicted octanol–water partition coefficient (Wildman–Crippen LogP) is 3.68. The van der Waals surface area contributed by atoms with Crippen molar-refractivity contribution < 1.29 is 9.47 Å². The van der Waals surface area contributed by atoms with E-state index in [1.165, 1.54) is 4.90 Å².